The molecule has 0 aliphatic rings. The van der Waals surface area contributed by atoms with Gasteiger partial charge in [0.15, 0.2) is 5.13 Å². The highest BCUT2D eigenvalue weighted by Gasteiger charge is 2.12. The largest absolute Gasteiger partial charge is 0.298 e. The van der Waals surface area contributed by atoms with Crippen LogP contribution in [0, 0.1) is 13.8 Å². The van der Waals surface area contributed by atoms with Crippen LogP contribution < -0.4 is 5.32 Å². The van der Waals surface area contributed by atoms with Crippen LogP contribution in [0.25, 0.3) is 11.3 Å². The van der Waals surface area contributed by atoms with Gasteiger partial charge in [-0.3, -0.25) is 10.1 Å². The summed E-state index contributed by atoms with van der Waals surface area (Å²) in [6.45, 7) is 4.11. The van der Waals surface area contributed by atoms with E-state index in [0.29, 0.717) is 10.7 Å². The lowest BCUT2D eigenvalue weighted by Gasteiger charge is -2.06. The smallest absolute Gasteiger partial charge is 0.257 e. The summed E-state index contributed by atoms with van der Waals surface area (Å²) in [5.41, 5.74) is 4.75. The molecule has 2 heterocycles. The average molecular weight is 344 g/mol. The number of carbonyl (C=O) groups excluding carboxylic acids is 1. The summed E-state index contributed by atoms with van der Waals surface area (Å²) in [5, 5.41) is 5.59. The molecule has 1 aromatic carbocycles. The fourth-order valence-corrected chi connectivity index (χ4v) is 3.25. The molecule has 0 saturated carbocycles. The Labute approximate surface area is 143 Å². The van der Waals surface area contributed by atoms with E-state index in [9.17, 15) is 4.79 Å². The molecular formula is C17H14ClN3OS. The van der Waals surface area contributed by atoms with Gasteiger partial charge >= 0.3 is 0 Å². The van der Waals surface area contributed by atoms with Crippen LogP contribution in [-0.2, 0) is 0 Å². The van der Waals surface area contributed by atoms with E-state index in [4.69, 9.17) is 11.6 Å². The van der Waals surface area contributed by atoms with Crippen LogP contribution in [0.4, 0.5) is 5.13 Å². The monoisotopic (exact) mass is 343 g/mol. The molecule has 3 aromatic rings. The number of nitrogens with one attached hydrogen (secondary N) is 1. The number of hydrogen-bond donors (Lipinski definition) is 1. The highest BCUT2D eigenvalue weighted by molar-refractivity contribution is 7.14. The van der Waals surface area contributed by atoms with Gasteiger partial charge in [-0.15, -0.1) is 11.3 Å². The molecule has 0 atom stereocenters. The standard InChI is InChI=1S/C17H14ClN3OS/c1-10-4-3-5-11(2)15(10)13-9-23-17(20-13)21-16(22)12-6-7-19-14(18)8-12/h3-9H,1-2H3,(H,20,21,22). The summed E-state index contributed by atoms with van der Waals surface area (Å²) in [4.78, 5) is 20.6. The summed E-state index contributed by atoms with van der Waals surface area (Å²) < 4.78 is 0. The first-order valence-electron chi connectivity index (χ1n) is 6.99. The zero-order valence-electron chi connectivity index (χ0n) is 12.6. The molecule has 0 radical (unpaired) electrons. The molecule has 116 valence electrons. The summed E-state index contributed by atoms with van der Waals surface area (Å²) in [6.07, 6.45) is 1.50. The van der Waals surface area contributed by atoms with E-state index in [-0.39, 0.29) is 11.1 Å². The van der Waals surface area contributed by atoms with Crippen molar-refractivity contribution in [3.05, 3.63) is 63.8 Å². The van der Waals surface area contributed by atoms with Gasteiger partial charge in [-0.2, -0.15) is 0 Å². The highest BCUT2D eigenvalue weighted by Crippen LogP contribution is 2.30. The Morgan fingerprint density at radius 3 is 2.65 bits per heavy atom. The molecule has 0 fully saturated rings. The van der Waals surface area contributed by atoms with Gasteiger partial charge in [-0.25, -0.2) is 9.97 Å². The van der Waals surface area contributed by atoms with E-state index in [0.717, 1.165) is 22.4 Å². The number of aromatic nitrogens is 2. The second kappa shape index (κ2) is 6.48. The second-order valence-corrected chi connectivity index (χ2v) is 6.37. The third-order valence-corrected chi connectivity index (χ3v) is 4.42. The predicted molar refractivity (Wildman–Crippen MR) is 94.2 cm³/mol. The number of amides is 1. The quantitative estimate of drug-likeness (QED) is 0.699. The van der Waals surface area contributed by atoms with E-state index in [1.165, 1.54) is 23.6 Å². The van der Waals surface area contributed by atoms with E-state index in [2.05, 4.69) is 41.3 Å². The van der Waals surface area contributed by atoms with Gasteiger partial charge in [0.2, 0.25) is 0 Å². The fraction of sp³-hybridized carbons (Fsp3) is 0.118. The number of benzene rings is 1. The number of hydrogen-bond acceptors (Lipinski definition) is 4. The molecule has 0 spiro atoms. The molecule has 1 amide bonds. The minimum Gasteiger partial charge on any atom is -0.298 e. The molecule has 2 aromatic heterocycles. The molecule has 3 rings (SSSR count). The van der Waals surface area contributed by atoms with Crippen LogP contribution in [0.1, 0.15) is 21.5 Å². The SMILES string of the molecule is Cc1cccc(C)c1-c1csc(NC(=O)c2ccnc(Cl)c2)n1. The third-order valence-electron chi connectivity index (χ3n) is 3.45. The lowest BCUT2D eigenvalue weighted by molar-refractivity contribution is 0.102. The van der Waals surface area contributed by atoms with Gasteiger partial charge in [0, 0.05) is 22.7 Å². The fourth-order valence-electron chi connectivity index (χ4n) is 2.38. The second-order valence-electron chi connectivity index (χ2n) is 5.13. The minimum absolute atomic E-state index is 0.253. The topological polar surface area (TPSA) is 54.9 Å². The Bertz CT molecular complexity index is 856. The van der Waals surface area contributed by atoms with Crippen molar-refractivity contribution in [1.29, 1.82) is 0 Å². The number of anilines is 1. The van der Waals surface area contributed by atoms with Crippen molar-refractivity contribution in [2.24, 2.45) is 0 Å². The van der Waals surface area contributed by atoms with Crippen molar-refractivity contribution in [2.75, 3.05) is 5.32 Å². The Morgan fingerprint density at radius 2 is 1.96 bits per heavy atom. The third kappa shape index (κ3) is 3.41. The molecule has 6 heteroatoms. The predicted octanol–water partition coefficient (Wildman–Crippen LogP) is 4.73. The first kappa shape index (κ1) is 15.6. The lowest BCUT2D eigenvalue weighted by atomic mass is 10.0. The lowest BCUT2D eigenvalue weighted by Crippen LogP contribution is -2.11. The molecular weight excluding hydrogens is 330 g/mol. The average Bonchev–Trinajstić information content (AvgIpc) is 2.95. The highest BCUT2D eigenvalue weighted by atomic mass is 35.5. The first-order chi connectivity index (χ1) is 11.0. The number of aryl methyl sites for hydroxylation is 2. The Balaban J connectivity index is 1.84. The molecule has 0 saturated heterocycles. The molecule has 0 unspecified atom stereocenters. The van der Waals surface area contributed by atoms with Gasteiger partial charge in [0.25, 0.3) is 5.91 Å². The Hall–Kier alpha value is -2.24. The summed E-state index contributed by atoms with van der Waals surface area (Å²) in [6, 6.07) is 9.27. The minimum atomic E-state index is -0.253. The van der Waals surface area contributed by atoms with Crippen LogP contribution in [0.15, 0.2) is 41.9 Å². The molecule has 0 bridgehead atoms. The van der Waals surface area contributed by atoms with Gasteiger partial charge < -0.3 is 0 Å². The number of nitrogens with zero attached hydrogens (tertiary/aromatic N) is 2. The maximum absolute atomic E-state index is 12.2. The normalized spacial score (nSPS) is 10.6. The van der Waals surface area contributed by atoms with Crippen LogP contribution in [-0.4, -0.2) is 15.9 Å². The van der Waals surface area contributed by atoms with Crippen LogP contribution >= 0.6 is 22.9 Å². The van der Waals surface area contributed by atoms with E-state index < -0.39 is 0 Å². The van der Waals surface area contributed by atoms with Crippen molar-refractivity contribution < 1.29 is 4.79 Å². The van der Waals surface area contributed by atoms with Gasteiger partial charge in [-0.1, -0.05) is 29.8 Å². The first-order valence-corrected chi connectivity index (χ1v) is 8.25. The number of halogens is 1. The number of carbonyl (C=O) groups is 1. The molecule has 0 aliphatic carbocycles. The number of thiazole rings is 1. The van der Waals surface area contributed by atoms with Gasteiger partial charge in [0.1, 0.15) is 5.15 Å². The van der Waals surface area contributed by atoms with Crippen LogP contribution in [0.5, 0.6) is 0 Å². The van der Waals surface area contributed by atoms with Crippen molar-refractivity contribution in [2.45, 2.75) is 13.8 Å². The van der Waals surface area contributed by atoms with Crippen LogP contribution in [0.2, 0.25) is 5.15 Å². The van der Waals surface area contributed by atoms with Gasteiger partial charge in [0.05, 0.1) is 5.69 Å². The Morgan fingerprint density at radius 1 is 1.22 bits per heavy atom. The maximum atomic E-state index is 12.2. The van der Waals surface area contributed by atoms with Crippen molar-refractivity contribution >= 4 is 34.0 Å². The number of rotatable bonds is 3. The Kier molecular flexibility index (Phi) is 4.41. The van der Waals surface area contributed by atoms with Crippen LogP contribution in [0.3, 0.4) is 0 Å². The van der Waals surface area contributed by atoms with Gasteiger partial charge in [-0.05, 0) is 37.1 Å². The van der Waals surface area contributed by atoms with E-state index in [1.807, 2.05) is 11.4 Å². The van der Waals surface area contributed by atoms with Crippen molar-refractivity contribution in [1.82, 2.24) is 9.97 Å². The zero-order chi connectivity index (χ0) is 16.4. The molecule has 1 N–H and O–H groups in total. The van der Waals surface area contributed by atoms with Crippen molar-refractivity contribution in [3.63, 3.8) is 0 Å². The molecule has 0 aliphatic heterocycles. The summed E-state index contributed by atoms with van der Waals surface area (Å²) >= 11 is 7.20. The zero-order valence-corrected chi connectivity index (χ0v) is 14.2. The summed E-state index contributed by atoms with van der Waals surface area (Å²) in [5.74, 6) is -0.253. The molecule has 23 heavy (non-hydrogen) atoms. The van der Waals surface area contributed by atoms with E-state index in [1.54, 1.807) is 6.07 Å². The van der Waals surface area contributed by atoms with E-state index >= 15 is 0 Å². The van der Waals surface area contributed by atoms with Crippen molar-refractivity contribution in [3.8, 4) is 11.3 Å². The summed E-state index contributed by atoms with van der Waals surface area (Å²) in [7, 11) is 0. The number of pyridine rings is 1. The maximum Gasteiger partial charge on any atom is 0.257 e. The molecule has 4 nitrogen and oxygen atoms in total.